The molecule has 7 heteroatoms. The van der Waals surface area contributed by atoms with E-state index in [1.54, 1.807) is 13.3 Å². The summed E-state index contributed by atoms with van der Waals surface area (Å²) in [5.74, 6) is -0.478. The van der Waals surface area contributed by atoms with Crippen molar-refractivity contribution < 1.29 is 19.4 Å². The zero-order chi connectivity index (χ0) is 16.8. The molecule has 122 valence electrons. The van der Waals surface area contributed by atoms with Crippen LogP contribution in [0.3, 0.4) is 0 Å². The van der Waals surface area contributed by atoms with Crippen molar-refractivity contribution in [1.29, 1.82) is 0 Å². The van der Waals surface area contributed by atoms with E-state index < -0.39 is 5.97 Å². The lowest BCUT2D eigenvalue weighted by Crippen LogP contribution is -2.27. The van der Waals surface area contributed by atoms with Crippen molar-refractivity contribution in [3.05, 3.63) is 47.8 Å². The summed E-state index contributed by atoms with van der Waals surface area (Å²) in [6.45, 7) is 2.22. The first kappa shape index (κ1) is 16.5. The number of benzene rings is 1. The first-order valence-electron chi connectivity index (χ1n) is 7.19. The van der Waals surface area contributed by atoms with Crippen molar-refractivity contribution in [2.75, 3.05) is 7.11 Å². The lowest BCUT2D eigenvalue weighted by molar-refractivity contribution is -0.122. The third kappa shape index (κ3) is 4.57. The van der Waals surface area contributed by atoms with E-state index in [1.165, 1.54) is 10.7 Å². The Labute approximate surface area is 133 Å². The Hall–Kier alpha value is -2.83. The maximum absolute atomic E-state index is 12.0. The van der Waals surface area contributed by atoms with Crippen molar-refractivity contribution in [3.63, 3.8) is 0 Å². The predicted octanol–water partition coefficient (Wildman–Crippen LogP) is 1.86. The molecule has 0 aliphatic carbocycles. The van der Waals surface area contributed by atoms with Gasteiger partial charge in [0, 0.05) is 19.2 Å². The number of hydrogen-bond donors (Lipinski definition) is 2. The van der Waals surface area contributed by atoms with Gasteiger partial charge in [-0.05, 0) is 30.7 Å². The third-order valence-electron chi connectivity index (χ3n) is 3.40. The number of amides is 1. The van der Waals surface area contributed by atoms with E-state index in [9.17, 15) is 9.59 Å². The average Bonchev–Trinajstić information content (AvgIpc) is 3.02. The highest BCUT2D eigenvalue weighted by Crippen LogP contribution is 2.18. The molecule has 1 amide bonds. The lowest BCUT2D eigenvalue weighted by atomic mass is 10.1. The molecule has 1 aromatic carbocycles. The van der Waals surface area contributed by atoms with Crippen LogP contribution in [-0.4, -0.2) is 33.9 Å². The third-order valence-corrected chi connectivity index (χ3v) is 3.40. The molecule has 2 aromatic rings. The number of nitrogens with one attached hydrogen (secondary N) is 1. The standard InChI is InChI=1S/C16H19N3O4/c1-11(12-4-3-5-13(10-12)23-2)17-15(20)7-9-19-8-6-14(18-19)16(21)22/h3-6,8,10-11H,7,9H2,1-2H3,(H,17,20)(H,21,22). The second kappa shape index (κ2) is 7.44. The molecule has 0 aliphatic rings. The SMILES string of the molecule is COc1cccc(C(C)NC(=O)CCn2ccc(C(=O)O)n2)c1. The molecule has 1 aromatic heterocycles. The number of carbonyl (C=O) groups is 2. The van der Waals surface area contributed by atoms with Gasteiger partial charge >= 0.3 is 5.97 Å². The molecule has 0 radical (unpaired) electrons. The number of ether oxygens (including phenoxy) is 1. The molecular formula is C16H19N3O4. The number of carboxylic acids is 1. The largest absolute Gasteiger partial charge is 0.497 e. The fraction of sp³-hybridized carbons (Fsp3) is 0.312. The van der Waals surface area contributed by atoms with E-state index in [1.807, 2.05) is 31.2 Å². The minimum absolute atomic E-state index is 0.0323. The monoisotopic (exact) mass is 317 g/mol. The number of carboxylic acid groups (broad SMARTS) is 1. The molecule has 1 heterocycles. The van der Waals surface area contributed by atoms with Crippen LogP contribution in [0.5, 0.6) is 5.75 Å². The summed E-state index contributed by atoms with van der Waals surface area (Å²) in [6, 6.07) is 8.76. The minimum Gasteiger partial charge on any atom is -0.497 e. The van der Waals surface area contributed by atoms with Gasteiger partial charge in [-0.2, -0.15) is 5.10 Å². The van der Waals surface area contributed by atoms with Crippen molar-refractivity contribution in [2.45, 2.75) is 25.9 Å². The van der Waals surface area contributed by atoms with E-state index in [4.69, 9.17) is 9.84 Å². The van der Waals surface area contributed by atoms with E-state index >= 15 is 0 Å². The molecule has 0 aliphatic heterocycles. The molecule has 0 saturated carbocycles. The summed E-state index contributed by atoms with van der Waals surface area (Å²) in [5.41, 5.74) is 0.917. The van der Waals surface area contributed by atoms with Crippen LogP contribution < -0.4 is 10.1 Å². The van der Waals surface area contributed by atoms with Crippen LogP contribution in [0.4, 0.5) is 0 Å². The maximum Gasteiger partial charge on any atom is 0.356 e. The summed E-state index contributed by atoms with van der Waals surface area (Å²) in [5, 5.41) is 15.6. The Morgan fingerprint density at radius 2 is 2.17 bits per heavy atom. The molecule has 0 saturated heterocycles. The normalized spacial score (nSPS) is 11.7. The van der Waals surface area contributed by atoms with Gasteiger partial charge < -0.3 is 15.2 Å². The summed E-state index contributed by atoms with van der Waals surface area (Å²) in [7, 11) is 1.60. The summed E-state index contributed by atoms with van der Waals surface area (Å²) >= 11 is 0. The fourth-order valence-corrected chi connectivity index (χ4v) is 2.12. The fourth-order valence-electron chi connectivity index (χ4n) is 2.12. The molecule has 0 fully saturated rings. The average molecular weight is 317 g/mol. The van der Waals surface area contributed by atoms with Gasteiger partial charge in [0.15, 0.2) is 5.69 Å². The van der Waals surface area contributed by atoms with Gasteiger partial charge in [0.2, 0.25) is 5.91 Å². The molecular weight excluding hydrogens is 298 g/mol. The summed E-state index contributed by atoms with van der Waals surface area (Å²) < 4.78 is 6.61. The second-order valence-corrected chi connectivity index (χ2v) is 5.09. The number of aromatic carboxylic acids is 1. The van der Waals surface area contributed by atoms with Crippen molar-refractivity contribution in [1.82, 2.24) is 15.1 Å². The molecule has 2 N–H and O–H groups in total. The van der Waals surface area contributed by atoms with E-state index in [2.05, 4.69) is 10.4 Å². The zero-order valence-corrected chi connectivity index (χ0v) is 13.0. The van der Waals surface area contributed by atoms with E-state index in [-0.39, 0.29) is 24.1 Å². The van der Waals surface area contributed by atoms with Gasteiger partial charge in [-0.1, -0.05) is 12.1 Å². The Balaban J connectivity index is 1.87. The number of methoxy groups -OCH3 is 1. The molecule has 2 rings (SSSR count). The van der Waals surface area contributed by atoms with Gasteiger partial charge in [-0.15, -0.1) is 0 Å². The van der Waals surface area contributed by atoms with Crippen LogP contribution in [0.15, 0.2) is 36.5 Å². The van der Waals surface area contributed by atoms with E-state index in [0.29, 0.717) is 6.54 Å². The van der Waals surface area contributed by atoms with Crippen molar-refractivity contribution in [3.8, 4) is 5.75 Å². The van der Waals surface area contributed by atoms with Crippen LogP contribution in [-0.2, 0) is 11.3 Å². The van der Waals surface area contributed by atoms with Crippen LogP contribution in [0.25, 0.3) is 0 Å². The first-order chi connectivity index (χ1) is 11.0. The Bertz CT molecular complexity index is 696. The first-order valence-corrected chi connectivity index (χ1v) is 7.19. The van der Waals surface area contributed by atoms with Gasteiger partial charge in [0.05, 0.1) is 13.2 Å². The number of aromatic nitrogens is 2. The smallest absolute Gasteiger partial charge is 0.356 e. The molecule has 23 heavy (non-hydrogen) atoms. The second-order valence-electron chi connectivity index (χ2n) is 5.09. The van der Waals surface area contributed by atoms with Gasteiger partial charge in [-0.25, -0.2) is 4.79 Å². The number of rotatable bonds is 7. The number of carbonyl (C=O) groups excluding carboxylic acids is 1. The van der Waals surface area contributed by atoms with Gasteiger partial charge in [0.25, 0.3) is 0 Å². The minimum atomic E-state index is -1.08. The lowest BCUT2D eigenvalue weighted by Gasteiger charge is -2.15. The quantitative estimate of drug-likeness (QED) is 0.813. The highest BCUT2D eigenvalue weighted by atomic mass is 16.5. The van der Waals surface area contributed by atoms with Crippen LogP contribution in [0.2, 0.25) is 0 Å². The molecule has 7 nitrogen and oxygen atoms in total. The molecule has 1 atom stereocenters. The summed E-state index contributed by atoms with van der Waals surface area (Å²) in [6.07, 6.45) is 1.76. The Morgan fingerprint density at radius 1 is 1.39 bits per heavy atom. The van der Waals surface area contributed by atoms with Crippen molar-refractivity contribution in [2.24, 2.45) is 0 Å². The zero-order valence-electron chi connectivity index (χ0n) is 13.0. The number of aryl methyl sites for hydroxylation is 1. The van der Waals surface area contributed by atoms with Crippen LogP contribution in [0, 0.1) is 0 Å². The number of nitrogens with zero attached hydrogens (tertiary/aromatic N) is 2. The Kier molecular flexibility index (Phi) is 5.35. The predicted molar refractivity (Wildman–Crippen MR) is 83.4 cm³/mol. The number of hydrogen-bond acceptors (Lipinski definition) is 4. The molecule has 0 bridgehead atoms. The molecule has 0 spiro atoms. The van der Waals surface area contributed by atoms with Gasteiger partial charge in [0.1, 0.15) is 5.75 Å². The maximum atomic E-state index is 12.0. The Morgan fingerprint density at radius 3 is 2.83 bits per heavy atom. The highest BCUT2D eigenvalue weighted by Gasteiger charge is 2.11. The summed E-state index contributed by atoms with van der Waals surface area (Å²) in [4.78, 5) is 22.7. The highest BCUT2D eigenvalue weighted by molar-refractivity contribution is 5.85. The van der Waals surface area contributed by atoms with Crippen LogP contribution >= 0.6 is 0 Å². The molecule has 1 unspecified atom stereocenters. The van der Waals surface area contributed by atoms with Crippen molar-refractivity contribution >= 4 is 11.9 Å². The topological polar surface area (TPSA) is 93.5 Å². The van der Waals surface area contributed by atoms with Gasteiger partial charge in [-0.3, -0.25) is 9.48 Å². The van der Waals surface area contributed by atoms with E-state index in [0.717, 1.165) is 11.3 Å². The van der Waals surface area contributed by atoms with Crippen LogP contribution in [0.1, 0.15) is 35.4 Å².